The van der Waals surface area contributed by atoms with Crippen LogP contribution in [0.1, 0.15) is 57.2 Å². The van der Waals surface area contributed by atoms with Gasteiger partial charge in [-0.1, -0.05) is 161 Å². The lowest BCUT2D eigenvalue weighted by Gasteiger charge is -2.28. The van der Waals surface area contributed by atoms with E-state index < -0.39 is 0 Å². The van der Waals surface area contributed by atoms with Gasteiger partial charge in [-0.3, -0.25) is 0 Å². The van der Waals surface area contributed by atoms with Gasteiger partial charge in [0.1, 0.15) is 0 Å². The smallest absolute Gasteiger partial charge is 0.0464 e. The first-order valence-corrected chi connectivity index (χ1v) is 19.1. The normalized spacial score (nSPS) is 15.5. The van der Waals surface area contributed by atoms with Crippen LogP contribution in [0.2, 0.25) is 0 Å². The highest BCUT2D eigenvalue weighted by Gasteiger charge is 2.35. The summed E-state index contributed by atoms with van der Waals surface area (Å²) in [6.07, 6.45) is 19.8. The zero-order valence-corrected chi connectivity index (χ0v) is 31.9. The Morgan fingerprint density at radius 3 is 2.09 bits per heavy atom. The number of allylic oxidation sites excluding steroid dienone is 10. The Balaban J connectivity index is 1.16. The zero-order valence-electron chi connectivity index (χ0n) is 31.9. The van der Waals surface area contributed by atoms with Crippen LogP contribution in [0.5, 0.6) is 0 Å². The summed E-state index contributed by atoms with van der Waals surface area (Å²) in [5.41, 5.74) is 13.3. The van der Waals surface area contributed by atoms with Gasteiger partial charge in [0, 0.05) is 22.5 Å². The minimum Gasteiger partial charge on any atom is -0.311 e. The van der Waals surface area contributed by atoms with Gasteiger partial charge in [-0.15, -0.1) is 0 Å². The monoisotopic (exact) mass is 697 g/mol. The van der Waals surface area contributed by atoms with Crippen LogP contribution in [0.15, 0.2) is 181 Å². The van der Waals surface area contributed by atoms with Crippen LogP contribution in [-0.2, 0) is 5.41 Å². The molecule has 2 aliphatic rings. The van der Waals surface area contributed by atoms with Gasteiger partial charge < -0.3 is 4.90 Å². The lowest BCUT2D eigenvalue weighted by atomic mass is 9.82. The number of nitrogens with zero attached hydrogens (tertiary/aromatic N) is 1. The van der Waals surface area contributed by atoms with Gasteiger partial charge in [-0.05, 0) is 134 Å². The first kappa shape index (κ1) is 34.9. The molecule has 1 nitrogen and oxygen atoms in total. The van der Waals surface area contributed by atoms with Gasteiger partial charge in [-0.25, -0.2) is 0 Å². The fourth-order valence-corrected chi connectivity index (χ4v) is 8.43. The molecule has 0 bridgehead atoms. The number of anilines is 2. The van der Waals surface area contributed by atoms with Gasteiger partial charge in [0.25, 0.3) is 0 Å². The van der Waals surface area contributed by atoms with Crippen molar-refractivity contribution in [2.45, 2.75) is 46.0 Å². The minimum atomic E-state index is -0.101. The average Bonchev–Trinajstić information content (AvgIpc) is 3.44. The van der Waals surface area contributed by atoms with E-state index in [9.17, 15) is 0 Å². The Kier molecular flexibility index (Phi) is 9.26. The Morgan fingerprint density at radius 2 is 1.37 bits per heavy atom. The molecule has 0 saturated carbocycles. The van der Waals surface area contributed by atoms with Gasteiger partial charge >= 0.3 is 0 Å². The highest BCUT2D eigenvalue weighted by Crippen LogP contribution is 2.50. The molecular formula is C53H47N. The SMILES string of the molecule is C=C(\C=C/C(=C\C)C(/C)=C/C=c1\c(=C)c2ccccc2c2ccccc12)N(c1ccc(C2=CC=CCC2)cc1)c1ccc2c(c1)C(C)(C)c1ccccc1-2. The van der Waals surface area contributed by atoms with Crippen molar-refractivity contribution in [2.24, 2.45) is 0 Å². The molecule has 0 aliphatic heterocycles. The molecule has 2 aliphatic carbocycles. The van der Waals surface area contributed by atoms with Crippen LogP contribution in [0, 0.1) is 0 Å². The number of hydrogen-bond acceptors (Lipinski definition) is 1. The molecule has 0 atom stereocenters. The van der Waals surface area contributed by atoms with E-state index in [2.05, 4.69) is 210 Å². The van der Waals surface area contributed by atoms with Crippen LogP contribution in [0.4, 0.5) is 11.4 Å². The van der Waals surface area contributed by atoms with Crippen molar-refractivity contribution in [1.29, 1.82) is 0 Å². The van der Waals surface area contributed by atoms with E-state index in [0.717, 1.165) is 45.9 Å². The third-order valence-electron chi connectivity index (χ3n) is 11.4. The van der Waals surface area contributed by atoms with E-state index in [1.54, 1.807) is 0 Å². The Bertz CT molecular complexity index is 2730. The first-order valence-electron chi connectivity index (χ1n) is 19.1. The van der Waals surface area contributed by atoms with E-state index in [1.165, 1.54) is 60.5 Å². The number of rotatable bonds is 8. The third-order valence-corrected chi connectivity index (χ3v) is 11.4. The molecule has 8 rings (SSSR count). The molecule has 0 aromatic heterocycles. The molecule has 0 amide bonds. The second-order valence-electron chi connectivity index (χ2n) is 15.0. The predicted octanol–water partition coefficient (Wildman–Crippen LogP) is 13.0. The summed E-state index contributed by atoms with van der Waals surface area (Å²) in [6, 6.07) is 41.9. The summed E-state index contributed by atoms with van der Waals surface area (Å²) < 4.78 is 0. The van der Waals surface area contributed by atoms with E-state index in [1.807, 2.05) is 0 Å². The topological polar surface area (TPSA) is 3.24 Å². The van der Waals surface area contributed by atoms with Crippen molar-refractivity contribution in [1.82, 2.24) is 0 Å². The van der Waals surface area contributed by atoms with Crippen molar-refractivity contribution in [2.75, 3.05) is 4.90 Å². The second-order valence-corrected chi connectivity index (χ2v) is 15.0. The summed E-state index contributed by atoms with van der Waals surface area (Å²) >= 11 is 0. The second kappa shape index (κ2) is 14.3. The molecule has 6 aromatic carbocycles. The number of benzene rings is 6. The average molecular weight is 698 g/mol. The maximum Gasteiger partial charge on any atom is 0.0464 e. The van der Waals surface area contributed by atoms with E-state index in [0.29, 0.717) is 0 Å². The molecule has 264 valence electrons. The van der Waals surface area contributed by atoms with E-state index in [-0.39, 0.29) is 5.41 Å². The third kappa shape index (κ3) is 6.20. The Morgan fingerprint density at radius 1 is 0.722 bits per heavy atom. The van der Waals surface area contributed by atoms with Crippen LogP contribution >= 0.6 is 0 Å². The van der Waals surface area contributed by atoms with Gasteiger partial charge in [0.2, 0.25) is 0 Å². The highest BCUT2D eigenvalue weighted by molar-refractivity contribution is 6.08. The summed E-state index contributed by atoms with van der Waals surface area (Å²) in [5.74, 6) is 0. The summed E-state index contributed by atoms with van der Waals surface area (Å²) in [5, 5.41) is 7.11. The first-order chi connectivity index (χ1) is 26.3. The maximum atomic E-state index is 4.68. The van der Waals surface area contributed by atoms with Crippen LogP contribution in [0.3, 0.4) is 0 Å². The lowest BCUT2D eigenvalue weighted by molar-refractivity contribution is 0.660. The lowest BCUT2D eigenvalue weighted by Crippen LogP contribution is -2.24. The molecule has 54 heavy (non-hydrogen) atoms. The largest absolute Gasteiger partial charge is 0.311 e. The maximum absolute atomic E-state index is 4.68. The highest BCUT2D eigenvalue weighted by atomic mass is 15.1. The molecule has 0 unspecified atom stereocenters. The molecular weight excluding hydrogens is 651 g/mol. The minimum absolute atomic E-state index is 0.101. The van der Waals surface area contributed by atoms with E-state index >= 15 is 0 Å². The van der Waals surface area contributed by atoms with Gasteiger partial charge in [0.05, 0.1) is 0 Å². The molecule has 0 N–H and O–H groups in total. The van der Waals surface area contributed by atoms with Crippen LogP contribution in [-0.4, -0.2) is 0 Å². The van der Waals surface area contributed by atoms with Crippen LogP contribution < -0.4 is 15.3 Å². The summed E-state index contributed by atoms with van der Waals surface area (Å²) in [7, 11) is 0. The quantitative estimate of drug-likeness (QED) is 0.113. The Labute approximate surface area is 320 Å². The van der Waals surface area contributed by atoms with Crippen molar-refractivity contribution < 1.29 is 0 Å². The molecule has 0 fully saturated rings. The van der Waals surface area contributed by atoms with E-state index in [4.69, 9.17) is 0 Å². The molecule has 0 spiro atoms. The number of hydrogen-bond donors (Lipinski definition) is 0. The van der Waals surface area contributed by atoms with Crippen LogP contribution in [0.25, 0.3) is 50.9 Å². The van der Waals surface area contributed by atoms with Crippen molar-refractivity contribution in [3.8, 4) is 11.1 Å². The fourth-order valence-electron chi connectivity index (χ4n) is 8.43. The van der Waals surface area contributed by atoms with Gasteiger partial charge in [-0.2, -0.15) is 0 Å². The molecule has 0 heterocycles. The molecule has 1 heteroatoms. The zero-order chi connectivity index (χ0) is 37.4. The molecule has 0 radical (unpaired) electrons. The fraction of sp³-hybridized carbons (Fsp3) is 0.132. The predicted molar refractivity (Wildman–Crippen MR) is 235 cm³/mol. The van der Waals surface area contributed by atoms with Crippen molar-refractivity contribution >= 4 is 51.1 Å². The standard InChI is InChI=1S/C53H47N/c1-7-39(36(2)25-33-45-38(4)44-19-11-12-20-46(44)48-22-14-13-21-47(45)48)27-26-37(3)54(42-30-28-41(29-31-42)40-17-9-8-10-18-40)43-32-34-50-49-23-15-16-24-51(49)53(5,6)52(50)35-43/h7-9,11-17,19-35H,3-4,10,18H2,1-2,5-6H3/b27-26-,36-25+,39-7+,45-33+. The van der Waals surface area contributed by atoms with Crippen molar-refractivity contribution in [3.63, 3.8) is 0 Å². The molecule has 6 aromatic rings. The van der Waals surface area contributed by atoms with Gasteiger partial charge in [0.15, 0.2) is 0 Å². The molecule has 0 saturated heterocycles. The Hall–Kier alpha value is -6.18. The summed E-state index contributed by atoms with van der Waals surface area (Å²) in [4.78, 5) is 2.30. The number of fused-ring (bicyclic) bond motifs is 6. The van der Waals surface area contributed by atoms with Crippen molar-refractivity contribution in [3.05, 3.63) is 208 Å². The summed E-state index contributed by atoms with van der Waals surface area (Å²) in [6.45, 7) is 18.2.